The summed E-state index contributed by atoms with van der Waals surface area (Å²) in [5, 5.41) is 32.6. The highest BCUT2D eigenvalue weighted by molar-refractivity contribution is 5.66. The number of carboxylic acid groups (broad SMARTS) is 1. The number of aliphatic carboxylic acids is 1. The molecular weight excluding hydrogens is 368 g/mol. The van der Waals surface area contributed by atoms with Crippen molar-refractivity contribution in [2.75, 3.05) is 13.2 Å². The van der Waals surface area contributed by atoms with Crippen molar-refractivity contribution in [1.82, 2.24) is 0 Å². The van der Waals surface area contributed by atoms with Gasteiger partial charge in [-0.2, -0.15) is 0 Å². The first-order valence-electron chi connectivity index (χ1n) is 12.2. The van der Waals surface area contributed by atoms with E-state index >= 15 is 0 Å². The zero-order chi connectivity index (χ0) is 22.0. The fourth-order valence-electron chi connectivity index (χ4n) is 3.24. The van der Waals surface area contributed by atoms with Crippen molar-refractivity contribution in [2.24, 2.45) is 0 Å². The quantitative estimate of drug-likeness (QED) is 0.176. The average Bonchev–Trinajstić information content (AvgIpc) is 2.72. The smallest absolute Gasteiger partial charge is 0.303 e. The number of aliphatic hydroxyl groups excluding tert-OH is 3. The van der Waals surface area contributed by atoms with Crippen LogP contribution in [0.3, 0.4) is 0 Å². The summed E-state index contributed by atoms with van der Waals surface area (Å²) >= 11 is 0. The molecule has 0 atom stereocenters. The van der Waals surface area contributed by atoms with Crippen LogP contribution in [0.2, 0.25) is 0 Å². The summed E-state index contributed by atoms with van der Waals surface area (Å²) in [6, 6.07) is 0. The third-order valence-corrected chi connectivity index (χ3v) is 5.17. The van der Waals surface area contributed by atoms with Crippen molar-refractivity contribution < 1.29 is 25.2 Å². The molecule has 0 unspecified atom stereocenters. The van der Waals surface area contributed by atoms with E-state index in [2.05, 4.69) is 6.92 Å². The maximum atomic E-state index is 10.4. The molecule has 0 saturated carbocycles. The van der Waals surface area contributed by atoms with Gasteiger partial charge >= 0.3 is 5.97 Å². The van der Waals surface area contributed by atoms with Crippen LogP contribution in [0.5, 0.6) is 0 Å². The maximum Gasteiger partial charge on any atom is 0.303 e. The van der Waals surface area contributed by atoms with Crippen LogP contribution >= 0.6 is 0 Å². The number of aliphatic hydroxyl groups is 3. The Hall–Kier alpha value is -0.650. The fraction of sp³-hybridized carbons (Fsp3) is 0.958. The lowest BCUT2D eigenvalue weighted by Gasteiger charge is -2.03. The van der Waals surface area contributed by atoms with Crippen molar-refractivity contribution >= 4 is 5.97 Å². The van der Waals surface area contributed by atoms with Gasteiger partial charge in [-0.1, -0.05) is 116 Å². The van der Waals surface area contributed by atoms with Crippen molar-refractivity contribution in [3.8, 4) is 0 Å². The van der Waals surface area contributed by atoms with E-state index in [0.717, 1.165) is 12.8 Å². The molecule has 5 nitrogen and oxygen atoms in total. The lowest BCUT2D eigenvalue weighted by molar-refractivity contribution is -0.137. The van der Waals surface area contributed by atoms with Gasteiger partial charge in [0.25, 0.3) is 0 Å². The molecule has 0 radical (unpaired) electrons. The molecule has 5 heteroatoms. The van der Waals surface area contributed by atoms with E-state index in [-0.39, 0.29) is 13.2 Å². The standard InChI is InChI=1S/C21H42O2.C3H8O3/c1-2-3-4-5-6-7-8-9-10-11-12-13-14-15-16-17-18-19-20-21(22)23;4-1-3(6)2-5/h2-20H2,1H3,(H,22,23);3-6H,1-2H2. The molecule has 29 heavy (non-hydrogen) atoms. The SMILES string of the molecule is CCCCCCCCCCCCCCCCCCCCC(=O)O.OCC(O)CO. The molecule has 0 bridgehead atoms. The van der Waals surface area contributed by atoms with Crippen molar-refractivity contribution in [3.63, 3.8) is 0 Å². The third-order valence-electron chi connectivity index (χ3n) is 5.17. The Bertz CT molecular complexity index is 306. The summed E-state index contributed by atoms with van der Waals surface area (Å²) in [7, 11) is 0. The van der Waals surface area contributed by atoms with Gasteiger partial charge < -0.3 is 20.4 Å². The molecule has 0 heterocycles. The van der Waals surface area contributed by atoms with Gasteiger partial charge in [0.2, 0.25) is 0 Å². The second kappa shape index (κ2) is 27.4. The minimum Gasteiger partial charge on any atom is -0.481 e. The van der Waals surface area contributed by atoms with Gasteiger partial charge in [-0.05, 0) is 6.42 Å². The Morgan fingerprint density at radius 3 is 1.07 bits per heavy atom. The summed E-state index contributed by atoms with van der Waals surface area (Å²) < 4.78 is 0. The molecule has 176 valence electrons. The lowest BCUT2D eigenvalue weighted by Crippen LogP contribution is -2.15. The Balaban J connectivity index is 0. The number of rotatable bonds is 21. The molecule has 0 rings (SSSR count). The van der Waals surface area contributed by atoms with Crippen LogP contribution < -0.4 is 0 Å². The Kier molecular flexibility index (Phi) is 28.8. The molecule has 0 aliphatic carbocycles. The highest BCUT2D eigenvalue weighted by Gasteiger charge is 1.97. The predicted molar refractivity (Wildman–Crippen MR) is 121 cm³/mol. The Morgan fingerprint density at radius 1 is 0.586 bits per heavy atom. The molecule has 4 N–H and O–H groups in total. The molecule has 0 fully saturated rings. The van der Waals surface area contributed by atoms with Crippen LogP contribution in [-0.4, -0.2) is 45.7 Å². The predicted octanol–water partition coefficient (Wildman–Crippen LogP) is 5.83. The summed E-state index contributed by atoms with van der Waals surface area (Å²) in [6.45, 7) is 1.55. The van der Waals surface area contributed by atoms with E-state index in [0.29, 0.717) is 6.42 Å². The minimum atomic E-state index is -0.954. The Morgan fingerprint density at radius 2 is 0.862 bits per heavy atom. The van der Waals surface area contributed by atoms with E-state index in [1.807, 2.05) is 0 Å². The molecule has 0 aromatic rings. The van der Waals surface area contributed by atoms with Gasteiger partial charge in [-0.15, -0.1) is 0 Å². The zero-order valence-electron chi connectivity index (χ0n) is 19.1. The van der Waals surface area contributed by atoms with Crippen molar-refractivity contribution in [1.29, 1.82) is 0 Å². The van der Waals surface area contributed by atoms with E-state index in [4.69, 9.17) is 20.4 Å². The summed E-state index contributed by atoms with van der Waals surface area (Å²) in [6.07, 6.45) is 23.7. The first-order chi connectivity index (χ1) is 14.1. The van der Waals surface area contributed by atoms with Crippen LogP contribution in [0.15, 0.2) is 0 Å². The number of carbonyl (C=O) groups is 1. The highest BCUT2D eigenvalue weighted by atomic mass is 16.4. The molecule has 0 aliphatic rings. The average molecular weight is 419 g/mol. The summed E-state index contributed by atoms with van der Waals surface area (Å²) in [4.78, 5) is 10.4. The number of unbranched alkanes of at least 4 members (excludes halogenated alkanes) is 17. The number of carboxylic acids is 1. The first kappa shape index (κ1) is 30.5. The van der Waals surface area contributed by atoms with Crippen molar-refractivity contribution in [2.45, 2.75) is 135 Å². The summed E-state index contributed by atoms with van der Waals surface area (Å²) in [5.41, 5.74) is 0. The highest BCUT2D eigenvalue weighted by Crippen LogP contribution is 2.14. The molecule has 0 aromatic carbocycles. The van der Waals surface area contributed by atoms with E-state index in [1.54, 1.807) is 0 Å². The monoisotopic (exact) mass is 418 g/mol. The van der Waals surface area contributed by atoms with E-state index in [9.17, 15) is 4.79 Å². The lowest BCUT2D eigenvalue weighted by atomic mass is 10.0. The fourth-order valence-corrected chi connectivity index (χ4v) is 3.24. The normalized spacial score (nSPS) is 10.8. The Labute approximate surface area is 179 Å². The van der Waals surface area contributed by atoms with Gasteiger partial charge in [-0.3, -0.25) is 4.79 Å². The van der Waals surface area contributed by atoms with Crippen LogP contribution in [0.4, 0.5) is 0 Å². The molecule has 0 aliphatic heterocycles. The molecule has 0 amide bonds. The minimum absolute atomic E-state index is 0.346. The van der Waals surface area contributed by atoms with E-state index in [1.165, 1.54) is 103 Å². The van der Waals surface area contributed by atoms with Crippen LogP contribution in [0.25, 0.3) is 0 Å². The van der Waals surface area contributed by atoms with Gasteiger partial charge in [0.1, 0.15) is 6.10 Å². The molecular formula is C24H50O5. The first-order valence-corrected chi connectivity index (χ1v) is 12.2. The zero-order valence-corrected chi connectivity index (χ0v) is 19.1. The van der Waals surface area contributed by atoms with Gasteiger partial charge in [0.05, 0.1) is 13.2 Å². The van der Waals surface area contributed by atoms with Crippen molar-refractivity contribution in [3.05, 3.63) is 0 Å². The van der Waals surface area contributed by atoms with E-state index < -0.39 is 12.1 Å². The molecule has 0 saturated heterocycles. The van der Waals surface area contributed by atoms with Gasteiger partial charge in [-0.25, -0.2) is 0 Å². The van der Waals surface area contributed by atoms with Gasteiger partial charge in [0, 0.05) is 6.42 Å². The van der Waals surface area contributed by atoms with Crippen LogP contribution in [0, 0.1) is 0 Å². The van der Waals surface area contributed by atoms with Gasteiger partial charge in [0.15, 0.2) is 0 Å². The second-order valence-electron chi connectivity index (χ2n) is 8.17. The second-order valence-corrected chi connectivity index (χ2v) is 8.17. The number of hydrogen-bond donors (Lipinski definition) is 4. The third kappa shape index (κ3) is 32.2. The molecule has 0 aromatic heterocycles. The summed E-state index contributed by atoms with van der Waals surface area (Å²) in [5.74, 6) is -0.651. The maximum absolute atomic E-state index is 10.4. The number of hydrogen-bond acceptors (Lipinski definition) is 4. The van der Waals surface area contributed by atoms with Crippen LogP contribution in [-0.2, 0) is 4.79 Å². The molecule has 0 spiro atoms. The largest absolute Gasteiger partial charge is 0.481 e. The topological polar surface area (TPSA) is 98.0 Å². The van der Waals surface area contributed by atoms with Crippen LogP contribution in [0.1, 0.15) is 129 Å².